The average molecular weight is 346 g/mol. The van der Waals surface area contributed by atoms with E-state index >= 15 is 0 Å². The van der Waals surface area contributed by atoms with E-state index in [9.17, 15) is 4.79 Å². The summed E-state index contributed by atoms with van der Waals surface area (Å²) in [6.07, 6.45) is -0.448. The number of ketones is 1. The van der Waals surface area contributed by atoms with Gasteiger partial charge in [-0.3, -0.25) is 4.79 Å². The Morgan fingerprint density at radius 1 is 0.885 bits per heavy atom. The number of fused-ring (bicyclic) bond motifs is 1. The maximum atomic E-state index is 13.1. The molecule has 3 aromatic rings. The lowest BCUT2D eigenvalue weighted by atomic mass is 9.92. The third kappa shape index (κ3) is 3.16. The van der Waals surface area contributed by atoms with Crippen LogP contribution in [0, 0.1) is 5.41 Å². The summed E-state index contributed by atoms with van der Waals surface area (Å²) in [5.74, 6) is 0.0137. The molecule has 0 radical (unpaired) electrons. The van der Waals surface area contributed by atoms with Gasteiger partial charge < -0.3 is 9.47 Å². The van der Waals surface area contributed by atoms with Crippen molar-refractivity contribution in [1.29, 1.82) is 0 Å². The van der Waals surface area contributed by atoms with Crippen molar-refractivity contribution in [2.75, 3.05) is 13.2 Å². The van der Waals surface area contributed by atoms with Crippen LogP contribution < -0.4 is 0 Å². The van der Waals surface area contributed by atoms with E-state index in [1.807, 2.05) is 66.7 Å². The summed E-state index contributed by atoms with van der Waals surface area (Å²) in [5.41, 5.74) is 2.28. The summed E-state index contributed by atoms with van der Waals surface area (Å²) in [7, 11) is 0. The Hall–Kier alpha value is -2.49. The van der Waals surface area contributed by atoms with E-state index in [-0.39, 0.29) is 11.2 Å². The number of ether oxygens (including phenoxy) is 2. The van der Waals surface area contributed by atoms with Crippen molar-refractivity contribution < 1.29 is 14.3 Å². The average Bonchev–Trinajstić information content (AvgIpc) is 2.67. The second kappa shape index (κ2) is 6.67. The number of rotatable bonds is 3. The molecule has 132 valence electrons. The van der Waals surface area contributed by atoms with Crippen LogP contribution in [0.4, 0.5) is 0 Å². The normalized spacial score (nSPS) is 17.3. The van der Waals surface area contributed by atoms with Gasteiger partial charge in [0.15, 0.2) is 12.1 Å². The highest BCUT2D eigenvalue weighted by molar-refractivity contribution is 6.17. The van der Waals surface area contributed by atoms with Crippen LogP contribution in [0.15, 0.2) is 66.7 Å². The predicted octanol–water partition coefficient (Wildman–Crippen LogP) is 5.14. The molecule has 3 nitrogen and oxygen atoms in total. The molecule has 1 saturated heterocycles. The summed E-state index contributed by atoms with van der Waals surface area (Å²) in [5, 5.41) is 1.93. The van der Waals surface area contributed by atoms with E-state index in [1.54, 1.807) is 0 Å². The molecule has 0 atom stereocenters. The Bertz CT molecular complexity index is 929. The molecule has 1 aliphatic rings. The maximum Gasteiger partial charge on any atom is 0.193 e. The maximum absolute atomic E-state index is 13.1. The number of carbonyl (C=O) groups is 1. The SMILES string of the molecule is CC1(C)COC(c2cccc3cccc(C(=O)c4ccccc4)c23)OC1. The van der Waals surface area contributed by atoms with E-state index in [2.05, 4.69) is 13.8 Å². The molecular weight excluding hydrogens is 324 g/mol. The van der Waals surface area contributed by atoms with E-state index in [0.717, 1.165) is 16.3 Å². The van der Waals surface area contributed by atoms with Crippen molar-refractivity contribution in [3.8, 4) is 0 Å². The molecule has 0 saturated carbocycles. The molecular formula is C23H22O3. The summed E-state index contributed by atoms with van der Waals surface area (Å²) in [6.45, 7) is 5.50. The molecule has 1 aliphatic heterocycles. The van der Waals surface area contributed by atoms with Crippen LogP contribution in [0.5, 0.6) is 0 Å². The number of carbonyl (C=O) groups excluding carboxylic acids is 1. The number of hydrogen-bond acceptors (Lipinski definition) is 3. The number of hydrogen-bond donors (Lipinski definition) is 0. The Labute approximate surface area is 153 Å². The quantitative estimate of drug-likeness (QED) is 0.616. The summed E-state index contributed by atoms with van der Waals surface area (Å²) in [6, 6.07) is 21.2. The molecule has 0 aromatic heterocycles. The van der Waals surface area contributed by atoms with Gasteiger partial charge in [-0.2, -0.15) is 0 Å². The van der Waals surface area contributed by atoms with E-state index in [0.29, 0.717) is 24.3 Å². The zero-order valence-corrected chi connectivity index (χ0v) is 15.1. The van der Waals surface area contributed by atoms with Crippen molar-refractivity contribution >= 4 is 16.6 Å². The second-order valence-electron chi connectivity index (χ2n) is 7.56. The van der Waals surface area contributed by atoms with Gasteiger partial charge in [-0.15, -0.1) is 0 Å². The second-order valence-corrected chi connectivity index (χ2v) is 7.56. The van der Waals surface area contributed by atoms with Gasteiger partial charge in [0.05, 0.1) is 13.2 Å². The Morgan fingerprint density at radius 2 is 1.54 bits per heavy atom. The van der Waals surface area contributed by atoms with Crippen LogP contribution >= 0.6 is 0 Å². The van der Waals surface area contributed by atoms with Gasteiger partial charge >= 0.3 is 0 Å². The molecule has 4 rings (SSSR count). The van der Waals surface area contributed by atoms with Crippen molar-refractivity contribution in [2.45, 2.75) is 20.1 Å². The van der Waals surface area contributed by atoms with Crippen molar-refractivity contribution in [3.05, 3.63) is 83.4 Å². The molecule has 3 heteroatoms. The molecule has 1 fully saturated rings. The Kier molecular flexibility index (Phi) is 4.35. The monoisotopic (exact) mass is 346 g/mol. The highest BCUT2D eigenvalue weighted by Gasteiger charge is 2.30. The van der Waals surface area contributed by atoms with Gasteiger partial charge in [-0.25, -0.2) is 0 Å². The summed E-state index contributed by atoms with van der Waals surface area (Å²) < 4.78 is 12.0. The lowest BCUT2D eigenvalue weighted by molar-refractivity contribution is -0.225. The smallest absolute Gasteiger partial charge is 0.193 e. The van der Waals surface area contributed by atoms with Gasteiger partial charge in [0.25, 0.3) is 0 Å². The van der Waals surface area contributed by atoms with E-state index in [1.165, 1.54) is 0 Å². The largest absolute Gasteiger partial charge is 0.348 e. The fourth-order valence-electron chi connectivity index (χ4n) is 3.37. The fourth-order valence-corrected chi connectivity index (χ4v) is 3.37. The highest BCUT2D eigenvalue weighted by Crippen LogP contribution is 2.36. The van der Waals surface area contributed by atoms with Crippen LogP contribution in [0.1, 0.15) is 41.6 Å². The minimum atomic E-state index is -0.448. The Morgan fingerprint density at radius 3 is 2.23 bits per heavy atom. The molecule has 26 heavy (non-hydrogen) atoms. The van der Waals surface area contributed by atoms with Crippen LogP contribution in [-0.2, 0) is 9.47 Å². The molecule has 0 N–H and O–H groups in total. The van der Waals surface area contributed by atoms with Crippen LogP contribution in [-0.4, -0.2) is 19.0 Å². The third-order valence-electron chi connectivity index (χ3n) is 4.72. The molecule has 0 bridgehead atoms. The van der Waals surface area contributed by atoms with Crippen molar-refractivity contribution in [1.82, 2.24) is 0 Å². The zero-order valence-electron chi connectivity index (χ0n) is 15.1. The minimum Gasteiger partial charge on any atom is -0.348 e. The lowest BCUT2D eigenvalue weighted by Gasteiger charge is -2.35. The van der Waals surface area contributed by atoms with E-state index in [4.69, 9.17) is 9.47 Å². The first-order valence-corrected chi connectivity index (χ1v) is 8.90. The van der Waals surface area contributed by atoms with Gasteiger partial charge in [-0.05, 0) is 5.39 Å². The fraction of sp³-hybridized carbons (Fsp3) is 0.261. The topological polar surface area (TPSA) is 35.5 Å². The highest BCUT2D eigenvalue weighted by atomic mass is 16.7. The molecule has 0 amide bonds. The van der Waals surface area contributed by atoms with Crippen LogP contribution in [0.25, 0.3) is 10.8 Å². The van der Waals surface area contributed by atoms with Crippen LogP contribution in [0.3, 0.4) is 0 Å². The zero-order chi connectivity index (χ0) is 18.1. The van der Waals surface area contributed by atoms with Gasteiger partial charge in [0.1, 0.15) is 0 Å². The third-order valence-corrected chi connectivity index (χ3v) is 4.72. The number of benzene rings is 3. The Balaban J connectivity index is 1.81. The standard InChI is InChI=1S/C23H22O3/c1-23(2)14-25-22(26-15-23)19-13-7-11-16-10-6-12-18(20(16)19)21(24)17-8-4-3-5-9-17/h3-13,22H,14-15H2,1-2H3. The van der Waals surface area contributed by atoms with Crippen LogP contribution in [0.2, 0.25) is 0 Å². The van der Waals surface area contributed by atoms with Gasteiger partial charge in [0, 0.05) is 27.5 Å². The predicted molar refractivity (Wildman–Crippen MR) is 102 cm³/mol. The minimum absolute atomic E-state index is 0.00374. The van der Waals surface area contributed by atoms with Crippen molar-refractivity contribution in [2.24, 2.45) is 5.41 Å². The summed E-state index contributed by atoms with van der Waals surface area (Å²) >= 11 is 0. The molecule has 0 spiro atoms. The van der Waals surface area contributed by atoms with Gasteiger partial charge in [0.2, 0.25) is 0 Å². The first-order valence-electron chi connectivity index (χ1n) is 8.90. The summed E-state index contributed by atoms with van der Waals surface area (Å²) in [4.78, 5) is 13.1. The molecule has 0 aliphatic carbocycles. The molecule has 0 unspecified atom stereocenters. The molecule has 1 heterocycles. The first kappa shape index (κ1) is 17.0. The van der Waals surface area contributed by atoms with Gasteiger partial charge in [-0.1, -0.05) is 80.6 Å². The lowest BCUT2D eigenvalue weighted by Crippen LogP contribution is -2.33. The van der Waals surface area contributed by atoms with E-state index < -0.39 is 6.29 Å². The van der Waals surface area contributed by atoms with Crippen molar-refractivity contribution in [3.63, 3.8) is 0 Å². The first-order chi connectivity index (χ1) is 12.6. The molecule has 3 aromatic carbocycles.